The minimum Gasteiger partial charge on any atom is -0.323 e. The van der Waals surface area contributed by atoms with Crippen molar-refractivity contribution < 1.29 is 4.79 Å². The zero-order chi connectivity index (χ0) is 15.6. The number of nitrogens with zero attached hydrogens (tertiary/aromatic N) is 3. The van der Waals surface area contributed by atoms with Crippen LogP contribution in [0.3, 0.4) is 0 Å². The molecule has 2 rings (SSSR count). The molecular formula is C12H11Cl3N4OS. The SMILES string of the molecule is CC(Sc1nncn1C)C(=O)Nc1c(Cl)cc(Cl)cc1Cl. The van der Waals surface area contributed by atoms with E-state index in [0.717, 1.165) is 0 Å². The van der Waals surface area contributed by atoms with E-state index in [4.69, 9.17) is 34.8 Å². The first-order valence-electron chi connectivity index (χ1n) is 5.84. The second-order valence-electron chi connectivity index (χ2n) is 4.22. The van der Waals surface area contributed by atoms with Gasteiger partial charge in [0.2, 0.25) is 5.91 Å². The molecule has 0 radical (unpaired) electrons. The second-order valence-corrected chi connectivity index (χ2v) is 6.78. The molecule has 1 atom stereocenters. The van der Waals surface area contributed by atoms with Crippen molar-refractivity contribution >= 4 is 58.2 Å². The van der Waals surface area contributed by atoms with Gasteiger partial charge in [-0.2, -0.15) is 0 Å². The van der Waals surface area contributed by atoms with Gasteiger partial charge in [-0.1, -0.05) is 46.6 Å². The molecule has 0 spiro atoms. The number of hydrogen-bond acceptors (Lipinski definition) is 4. The first kappa shape index (κ1) is 16.4. The second kappa shape index (κ2) is 6.87. The maximum absolute atomic E-state index is 12.2. The van der Waals surface area contributed by atoms with E-state index in [-0.39, 0.29) is 16.0 Å². The van der Waals surface area contributed by atoms with Crippen molar-refractivity contribution in [2.24, 2.45) is 7.05 Å². The molecular weight excluding hydrogens is 355 g/mol. The highest BCUT2D eigenvalue weighted by Crippen LogP contribution is 2.34. The summed E-state index contributed by atoms with van der Waals surface area (Å²) in [5.74, 6) is -0.242. The van der Waals surface area contributed by atoms with Gasteiger partial charge in [-0.3, -0.25) is 4.79 Å². The molecule has 1 unspecified atom stereocenters. The Kier molecular flexibility index (Phi) is 5.37. The number of aromatic nitrogens is 3. The summed E-state index contributed by atoms with van der Waals surface area (Å²) in [6, 6.07) is 3.04. The van der Waals surface area contributed by atoms with Crippen LogP contribution in [0.25, 0.3) is 0 Å². The molecule has 9 heteroatoms. The average molecular weight is 366 g/mol. The maximum atomic E-state index is 12.2. The Morgan fingerprint density at radius 2 is 1.95 bits per heavy atom. The van der Waals surface area contributed by atoms with Gasteiger partial charge in [-0.05, 0) is 19.1 Å². The van der Waals surface area contributed by atoms with Crippen molar-refractivity contribution in [2.75, 3.05) is 5.32 Å². The van der Waals surface area contributed by atoms with Gasteiger partial charge in [-0.15, -0.1) is 10.2 Å². The van der Waals surface area contributed by atoms with Crippen molar-refractivity contribution in [1.82, 2.24) is 14.8 Å². The van der Waals surface area contributed by atoms with E-state index in [1.54, 1.807) is 24.9 Å². The van der Waals surface area contributed by atoms with Gasteiger partial charge < -0.3 is 9.88 Å². The van der Waals surface area contributed by atoms with Crippen LogP contribution in [0, 0.1) is 0 Å². The molecule has 0 aliphatic carbocycles. The summed E-state index contributed by atoms with van der Waals surface area (Å²) >= 11 is 19.2. The molecule has 0 saturated heterocycles. The monoisotopic (exact) mass is 364 g/mol. The van der Waals surface area contributed by atoms with Crippen molar-refractivity contribution in [1.29, 1.82) is 0 Å². The summed E-state index contributed by atoms with van der Waals surface area (Å²) in [7, 11) is 1.81. The number of hydrogen-bond donors (Lipinski definition) is 1. The first-order chi connectivity index (χ1) is 9.88. The van der Waals surface area contributed by atoms with Crippen LogP contribution in [-0.4, -0.2) is 25.9 Å². The zero-order valence-corrected chi connectivity index (χ0v) is 14.2. The standard InChI is InChI=1S/C12H11Cl3N4OS/c1-6(21-12-18-16-5-19(12)2)11(20)17-10-8(14)3-7(13)4-9(10)15/h3-6H,1-2H3,(H,17,20). The Balaban J connectivity index is 2.09. The lowest BCUT2D eigenvalue weighted by atomic mass is 10.3. The number of amides is 1. The van der Waals surface area contributed by atoms with Crippen LogP contribution in [0.1, 0.15) is 6.92 Å². The third-order valence-corrected chi connectivity index (χ3v) is 4.54. The van der Waals surface area contributed by atoms with Crippen molar-refractivity contribution in [3.63, 3.8) is 0 Å². The summed E-state index contributed by atoms with van der Waals surface area (Å²) in [6.07, 6.45) is 1.57. The fourth-order valence-corrected chi connectivity index (χ4v) is 3.18. The molecule has 1 heterocycles. The van der Waals surface area contributed by atoms with Gasteiger partial charge in [0.25, 0.3) is 0 Å². The summed E-state index contributed by atoms with van der Waals surface area (Å²) in [4.78, 5) is 12.2. The summed E-state index contributed by atoms with van der Waals surface area (Å²) in [5, 5.41) is 11.6. The Labute approximate surface area is 141 Å². The molecule has 0 fully saturated rings. The highest BCUT2D eigenvalue weighted by atomic mass is 35.5. The van der Waals surface area contributed by atoms with Crippen LogP contribution in [0.5, 0.6) is 0 Å². The number of nitrogens with one attached hydrogen (secondary N) is 1. The molecule has 1 N–H and O–H groups in total. The molecule has 1 aromatic carbocycles. The Bertz CT molecular complexity index is 653. The predicted molar refractivity (Wildman–Crippen MR) is 86.4 cm³/mol. The summed E-state index contributed by atoms with van der Waals surface area (Å²) in [6.45, 7) is 1.76. The highest BCUT2D eigenvalue weighted by molar-refractivity contribution is 8.00. The van der Waals surface area contributed by atoms with Gasteiger partial charge in [0, 0.05) is 12.1 Å². The van der Waals surface area contributed by atoms with Crippen LogP contribution in [-0.2, 0) is 11.8 Å². The number of halogens is 3. The molecule has 5 nitrogen and oxygen atoms in total. The molecule has 1 amide bonds. The molecule has 0 bridgehead atoms. The van der Waals surface area contributed by atoms with Gasteiger partial charge in [-0.25, -0.2) is 0 Å². The van der Waals surface area contributed by atoms with Gasteiger partial charge in [0.05, 0.1) is 21.0 Å². The lowest BCUT2D eigenvalue weighted by molar-refractivity contribution is -0.115. The van der Waals surface area contributed by atoms with Gasteiger partial charge >= 0.3 is 0 Å². The number of aryl methyl sites for hydroxylation is 1. The summed E-state index contributed by atoms with van der Waals surface area (Å²) < 4.78 is 1.73. The van der Waals surface area contributed by atoms with Crippen molar-refractivity contribution in [3.05, 3.63) is 33.5 Å². The fraction of sp³-hybridized carbons (Fsp3) is 0.250. The van der Waals surface area contributed by atoms with Crippen LogP contribution in [0.4, 0.5) is 5.69 Å². The lowest BCUT2D eigenvalue weighted by Gasteiger charge is -2.13. The molecule has 0 aliphatic heterocycles. The van der Waals surface area contributed by atoms with E-state index in [9.17, 15) is 4.79 Å². The predicted octanol–water partition coefficient (Wildman–Crippen LogP) is 3.89. The van der Waals surface area contributed by atoms with E-state index in [1.165, 1.54) is 23.9 Å². The Morgan fingerprint density at radius 1 is 1.33 bits per heavy atom. The maximum Gasteiger partial charge on any atom is 0.237 e. The number of thioether (sulfide) groups is 1. The lowest BCUT2D eigenvalue weighted by Crippen LogP contribution is -2.23. The third-order valence-electron chi connectivity index (χ3n) is 2.58. The minimum atomic E-state index is -0.393. The number of carbonyl (C=O) groups is 1. The smallest absolute Gasteiger partial charge is 0.237 e. The Morgan fingerprint density at radius 3 is 2.48 bits per heavy atom. The summed E-state index contributed by atoms with van der Waals surface area (Å²) in [5.41, 5.74) is 0.346. The van der Waals surface area contributed by atoms with Crippen LogP contribution in [0.15, 0.2) is 23.6 Å². The molecule has 112 valence electrons. The first-order valence-corrected chi connectivity index (χ1v) is 7.86. The fourth-order valence-electron chi connectivity index (χ4n) is 1.48. The molecule has 0 aliphatic rings. The van der Waals surface area contributed by atoms with E-state index in [0.29, 0.717) is 15.9 Å². The number of benzene rings is 1. The topological polar surface area (TPSA) is 59.8 Å². The van der Waals surface area contributed by atoms with Crippen molar-refractivity contribution in [3.8, 4) is 0 Å². The average Bonchev–Trinajstić information content (AvgIpc) is 2.79. The van der Waals surface area contributed by atoms with Crippen LogP contribution < -0.4 is 5.32 Å². The Hall–Kier alpha value is -0.950. The number of anilines is 1. The van der Waals surface area contributed by atoms with Crippen LogP contribution in [0.2, 0.25) is 15.1 Å². The van der Waals surface area contributed by atoms with Gasteiger partial charge in [0.15, 0.2) is 5.16 Å². The van der Waals surface area contributed by atoms with E-state index < -0.39 is 5.25 Å². The molecule has 1 aromatic heterocycles. The van der Waals surface area contributed by atoms with E-state index in [1.807, 2.05) is 0 Å². The van der Waals surface area contributed by atoms with Gasteiger partial charge in [0.1, 0.15) is 6.33 Å². The van der Waals surface area contributed by atoms with Crippen molar-refractivity contribution in [2.45, 2.75) is 17.3 Å². The normalized spacial score (nSPS) is 12.2. The largest absolute Gasteiger partial charge is 0.323 e. The molecule has 2 aromatic rings. The van der Waals surface area contributed by atoms with Crippen LogP contribution >= 0.6 is 46.6 Å². The third kappa shape index (κ3) is 4.03. The molecule has 21 heavy (non-hydrogen) atoms. The number of carbonyl (C=O) groups excluding carboxylic acids is 1. The quantitative estimate of drug-likeness (QED) is 0.835. The van der Waals surface area contributed by atoms with E-state index in [2.05, 4.69) is 15.5 Å². The number of rotatable bonds is 4. The minimum absolute atomic E-state index is 0.242. The molecule has 0 saturated carbocycles. The van der Waals surface area contributed by atoms with E-state index >= 15 is 0 Å². The zero-order valence-electron chi connectivity index (χ0n) is 11.1. The highest BCUT2D eigenvalue weighted by Gasteiger charge is 2.19.